The van der Waals surface area contributed by atoms with Gasteiger partial charge in [-0.15, -0.1) is 31.2 Å². The molecular weight excluding hydrogens is 499 g/mol. The molecule has 1 nitrogen and oxygen atoms in total. The van der Waals surface area contributed by atoms with E-state index in [2.05, 4.69) is 106 Å². The second-order valence-electron chi connectivity index (χ2n) is 8.42. The van der Waals surface area contributed by atoms with Crippen molar-refractivity contribution in [2.75, 3.05) is 0 Å². The van der Waals surface area contributed by atoms with E-state index >= 15 is 0 Å². The fourth-order valence-corrected chi connectivity index (χ4v) is 4.67. The molecule has 0 aliphatic heterocycles. The summed E-state index contributed by atoms with van der Waals surface area (Å²) in [6.45, 7) is 8.85. The second-order valence-corrected chi connectivity index (χ2v) is 14.3. The average molecular weight is 532 g/mol. The summed E-state index contributed by atoms with van der Waals surface area (Å²) in [6.07, 6.45) is 10.0. The molecule has 0 spiro atoms. The number of halogens is 2. The number of aryl methyl sites for hydroxylation is 1. The summed E-state index contributed by atoms with van der Waals surface area (Å²) in [4.78, 5) is 0. The summed E-state index contributed by atoms with van der Waals surface area (Å²) >= 11 is 2.16. The summed E-state index contributed by atoms with van der Waals surface area (Å²) in [5.74, 6) is 0.396. The topological polar surface area (TPSA) is 20.2 Å². The van der Waals surface area contributed by atoms with E-state index in [1.54, 1.807) is 6.07 Å². The first kappa shape index (κ1) is 31.3. The van der Waals surface area contributed by atoms with Gasteiger partial charge in [-0.1, -0.05) is 30.9 Å². The Balaban J connectivity index is 0.000000493. The van der Waals surface area contributed by atoms with Crippen molar-refractivity contribution in [3.63, 3.8) is 0 Å². The fraction of sp³-hybridized carbons (Fsp3) is 0.179. The average Bonchev–Trinajstić information content (AvgIpc) is 3.34. The van der Waals surface area contributed by atoms with Gasteiger partial charge in [0.05, 0.1) is 8.07 Å². The van der Waals surface area contributed by atoms with E-state index in [4.69, 9.17) is 0 Å². The number of hydrogen-bond donors (Lipinski definition) is 1. The molecule has 0 fully saturated rings. The molecule has 0 amide bonds. The van der Waals surface area contributed by atoms with Crippen LogP contribution in [0.25, 0.3) is 0 Å². The number of phenolic OH excluding ortho intramolecular Hbond substituents is 1. The SMILES string of the molecule is Cc1cc(O)cc([Si](C)(C)C)c1.Cl.Cl.[C-]1=CC=CC1.[Ti+]=[C](c1ccccc1)c1ccccc1. The van der Waals surface area contributed by atoms with E-state index in [1.807, 2.05) is 37.3 Å². The molecule has 3 aromatic rings. The minimum absolute atomic E-state index is 0. The quantitative estimate of drug-likeness (QED) is 0.280. The van der Waals surface area contributed by atoms with Crippen LogP contribution in [0.3, 0.4) is 0 Å². The summed E-state index contributed by atoms with van der Waals surface area (Å²) in [7, 11) is -1.26. The molecule has 0 saturated heterocycles. The summed E-state index contributed by atoms with van der Waals surface area (Å²) < 4.78 is 1.33. The molecule has 3 aromatic carbocycles. The van der Waals surface area contributed by atoms with Crippen LogP contribution in [0.2, 0.25) is 19.6 Å². The Labute approximate surface area is 224 Å². The molecule has 0 bridgehead atoms. The van der Waals surface area contributed by atoms with Gasteiger partial charge in [0.25, 0.3) is 0 Å². The van der Waals surface area contributed by atoms with Crippen LogP contribution >= 0.6 is 24.8 Å². The van der Waals surface area contributed by atoms with Crippen molar-refractivity contribution in [3.8, 4) is 5.75 Å². The van der Waals surface area contributed by atoms with Crippen molar-refractivity contribution < 1.29 is 25.1 Å². The van der Waals surface area contributed by atoms with Crippen molar-refractivity contribution in [2.24, 2.45) is 0 Å². The van der Waals surface area contributed by atoms with Gasteiger partial charge >= 0.3 is 95.6 Å². The van der Waals surface area contributed by atoms with Crippen LogP contribution in [0.5, 0.6) is 5.75 Å². The summed E-state index contributed by atoms with van der Waals surface area (Å²) in [5.41, 5.74) is 3.73. The predicted octanol–water partition coefficient (Wildman–Crippen LogP) is 7.20. The van der Waals surface area contributed by atoms with E-state index in [1.165, 1.54) is 20.1 Å². The van der Waals surface area contributed by atoms with E-state index < -0.39 is 8.07 Å². The van der Waals surface area contributed by atoms with Crippen molar-refractivity contribution in [1.29, 1.82) is 0 Å². The van der Waals surface area contributed by atoms with Crippen LogP contribution in [0.1, 0.15) is 23.1 Å². The third kappa shape index (κ3) is 11.8. The number of aromatic hydroxyl groups is 1. The van der Waals surface area contributed by atoms with Crippen molar-refractivity contribution in [1.82, 2.24) is 0 Å². The molecule has 0 unspecified atom stereocenters. The van der Waals surface area contributed by atoms with E-state index in [9.17, 15) is 5.11 Å². The van der Waals surface area contributed by atoms with Crippen molar-refractivity contribution >= 4 is 41.9 Å². The summed E-state index contributed by atoms with van der Waals surface area (Å²) in [5, 5.41) is 10.7. The molecule has 0 heterocycles. The molecule has 33 heavy (non-hydrogen) atoms. The molecular formula is C28H33Cl2OSiTi. The van der Waals surface area contributed by atoms with Crippen LogP contribution in [0, 0.1) is 13.0 Å². The molecule has 1 N–H and O–H groups in total. The van der Waals surface area contributed by atoms with Crippen LogP contribution in [-0.4, -0.2) is 17.0 Å². The van der Waals surface area contributed by atoms with Gasteiger partial charge in [0.1, 0.15) is 5.75 Å². The first-order valence-corrected chi connectivity index (χ1v) is 14.8. The number of allylic oxidation sites excluding steroid dienone is 4. The van der Waals surface area contributed by atoms with Crippen LogP contribution in [0.4, 0.5) is 0 Å². The van der Waals surface area contributed by atoms with Gasteiger partial charge in [-0.2, -0.15) is 6.08 Å². The first-order valence-electron chi connectivity index (χ1n) is 10.5. The molecule has 1 aliphatic carbocycles. The third-order valence-corrected chi connectivity index (χ3v) is 7.56. The zero-order valence-corrected chi connectivity index (χ0v) is 23.9. The Hall–Kier alpha value is -1.68. The van der Waals surface area contributed by atoms with E-state index in [-0.39, 0.29) is 24.8 Å². The van der Waals surface area contributed by atoms with Crippen LogP contribution in [0.15, 0.2) is 97.1 Å². The maximum atomic E-state index is 9.38. The second kappa shape index (κ2) is 16.0. The predicted molar refractivity (Wildman–Crippen MR) is 148 cm³/mol. The maximum absolute atomic E-state index is 9.38. The van der Waals surface area contributed by atoms with Gasteiger partial charge in [-0.25, -0.2) is 12.2 Å². The van der Waals surface area contributed by atoms with Gasteiger partial charge in [0.2, 0.25) is 0 Å². The molecule has 173 valence electrons. The van der Waals surface area contributed by atoms with Crippen LogP contribution in [-0.2, 0) is 20.0 Å². The number of benzene rings is 3. The van der Waals surface area contributed by atoms with E-state index in [0.717, 1.165) is 12.0 Å². The Kier molecular flexibility index (Phi) is 15.2. The fourth-order valence-electron chi connectivity index (χ4n) is 2.91. The summed E-state index contributed by atoms with van der Waals surface area (Å²) in [6, 6.07) is 26.8. The Morgan fingerprint density at radius 2 is 1.36 bits per heavy atom. The molecule has 0 radical (unpaired) electrons. The van der Waals surface area contributed by atoms with Gasteiger partial charge < -0.3 is 5.11 Å². The number of hydrogen-bond acceptors (Lipinski definition) is 1. The zero-order chi connectivity index (χ0) is 22.7. The van der Waals surface area contributed by atoms with Crippen molar-refractivity contribution in [2.45, 2.75) is 33.0 Å². The molecule has 5 heteroatoms. The monoisotopic (exact) mass is 531 g/mol. The zero-order valence-electron chi connectivity index (χ0n) is 19.7. The van der Waals surface area contributed by atoms with Crippen LogP contribution < -0.4 is 5.19 Å². The number of rotatable bonds is 3. The van der Waals surface area contributed by atoms with E-state index in [0.29, 0.717) is 5.75 Å². The standard InChI is InChI=1S/C13H10.C10H16OSi.C5H5.2ClH.Ti/c1-3-7-12(8-4-1)11-13-9-5-2-6-10-13;1-8-5-9(11)7-10(6-8)12(2,3)4;1-2-4-5-3-1;;;/h1-10H;5-7,11H,1-4H3;1-3H,4H2;2*1H;/q;;-1;;;+1. The van der Waals surface area contributed by atoms with Gasteiger partial charge in [0.15, 0.2) is 0 Å². The Morgan fingerprint density at radius 3 is 1.70 bits per heavy atom. The molecule has 0 atom stereocenters. The minimum atomic E-state index is -1.26. The Morgan fingerprint density at radius 1 is 0.848 bits per heavy atom. The molecule has 1 aliphatic rings. The molecule has 4 rings (SSSR count). The first-order chi connectivity index (χ1) is 14.8. The Bertz CT molecular complexity index is 955. The normalized spacial score (nSPS) is 11.1. The van der Waals surface area contributed by atoms with Gasteiger partial charge in [-0.05, 0) is 24.6 Å². The van der Waals surface area contributed by atoms with Gasteiger partial charge in [0, 0.05) is 0 Å². The van der Waals surface area contributed by atoms with Crippen molar-refractivity contribution in [3.05, 3.63) is 120 Å². The molecule has 0 aromatic heterocycles. The van der Waals surface area contributed by atoms with Gasteiger partial charge in [-0.3, -0.25) is 6.08 Å². The third-order valence-electron chi connectivity index (χ3n) is 4.64. The molecule has 0 saturated carbocycles. The number of phenols is 1.